The molecule has 0 rings (SSSR count). The number of nitrogens with one attached hydrogen (secondary N) is 1. The monoisotopic (exact) mass is 231 g/mol. The van der Waals surface area contributed by atoms with Gasteiger partial charge in [-0.05, 0) is 25.8 Å². The molecule has 0 fully saturated rings. The molecular formula is C13H29NO2. The van der Waals surface area contributed by atoms with Gasteiger partial charge in [-0.15, -0.1) is 0 Å². The van der Waals surface area contributed by atoms with Gasteiger partial charge >= 0.3 is 0 Å². The van der Waals surface area contributed by atoms with Crippen molar-refractivity contribution < 1.29 is 9.47 Å². The maximum absolute atomic E-state index is 5.58. The summed E-state index contributed by atoms with van der Waals surface area (Å²) >= 11 is 0. The first-order valence-electron chi connectivity index (χ1n) is 6.73. The van der Waals surface area contributed by atoms with Gasteiger partial charge in [-0.25, -0.2) is 0 Å². The van der Waals surface area contributed by atoms with Crippen LogP contribution in [-0.4, -0.2) is 39.0 Å². The minimum absolute atomic E-state index is 0.496. The molecule has 0 aliphatic heterocycles. The summed E-state index contributed by atoms with van der Waals surface area (Å²) in [6.07, 6.45) is 4.64. The van der Waals surface area contributed by atoms with Gasteiger partial charge in [0.1, 0.15) is 0 Å². The number of unbranched alkanes of at least 4 members (excludes halogenated alkanes) is 1. The number of hydrogen-bond acceptors (Lipinski definition) is 3. The second-order valence-electron chi connectivity index (χ2n) is 4.10. The third kappa shape index (κ3) is 10.4. The van der Waals surface area contributed by atoms with Gasteiger partial charge in [0, 0.05) is 12.6 Å². The van der Waals surface area contributed by atoms with E-state index in [-0.39, 0.29) is 0 Å². The maximum atomic E-state index is 5.58. The van der Waals surface area contributed by atoms with Crippen LogP contribution in [0.4, 0.5) is 0 Å². The summed E-state index contributed by atoms with van der Waals surface area (Å²) in [5, 5.41) is 3.46. The number of ether oxygens (including phenoxy) is 2. The normalized spacial score (nSPS) is 12.9. The Morgan fingerprint density at radius 2 is 1.69 bits per heavy atom. The molecule has 3 nitrogen and oxygen atoms in total. The summed E-state index contributed by atoms with van der Waals surface area (Å²) in [4.78, 5) is 0. The molecule has 0 heterocycles. The van der Waals surface area contributed by atoms with Crippen LogP contribution in [0.5, 0.6) is 0 Å². The van der Waals surface area contributed by atoms with Gasteiger partial charge in [-0.2, -0.15) is 0 Å². The van der Waals surface area contributed by atoms with Gasteiger partial charge in [0.25, 0.3) is 0 Å². The molecule has 0 aromatic heterocycles. The second-order valence-corrected chi connectivity index (χ2v) is 4.10. The van der Waals surface area contributed by atoms with E-state index in [0.717, 1.165) is 39.2 Å². The Morgan fingerprint density at radius 1 is 0.938 bits per heavy atom. The van der Waals surface area contributed by atoms with E-state index >= 15 is 0 Å². The number of hydrogen-bond donors (Lipinski definition) is 1. The first-order chi connectivity index (χ1) is 7.85. The summed E-state index contributed by atoms with van der Waals surface area (Å²) < 4.78 is 11.0. The Morgan fingerprint density at radius 3 is 2.31 bits per heavy atom. The third-order valence-corrected chi connectivity index (χ3v) is 2.51. The molecule has 98 valence electrons. The highest BCUT2D eigenvalue weighted by Crippen LogP contribution is 1.93. The zero-order valence-corrected chi connectivity index (χ0v) is 11.3. The molecule has 0 aliphatic rings. The predicted octanol–water partition coefficient (Wildman–Crippen LogP) is 2.60. The first-order valence-corrected chi connectivity index (χ1v) is 6.73. The second kappa shape index (κ2) is 12.9. The minimum Gasteiger partial charge on any atom is -0.379 e. The SMILES string of the molecule is CCCCOCCOCC(CC)NCCC. The van der Waals surface area contributed by atoms with Crippen LogP contribution in [-0.2, 0) is 9.47 Å². The van der Waals surface area contributed by atoms with Crippen molar-refractivity contribution in [2.75, 3.05) is 33.0 Å². The molecule has 1 atom stereocenters. The van der Waals surface area contributed by atoms with Gasteiger partial charge < -0.3 is 14.8 Å². The van der Waals surface area contributed by atoms with Crippen molar-refractivity contribution >= 4 is 0 Å². The van der Waals surface area contributed by atoms with Crippen molar-refractivity contribution in [1.82, 2.24) is 5.32 Å². The Kier molecular flexibility index (Phi) is 12.9. The Balaban J connectivity index is 3.20. The Hall–Kier alpha value is -0.120. The molecule has 0 aromatic carbocycles. The van der Waals surface area contributed by atoms with E-state index in [1.54, 1.807) is 0 Å². The molecule has 1 N–H and O–H groups in total. The molecular weight excluding hydrogens is 202 g/mol. The fraction of sp³-hybridized carbons (Fsp3) is 1.00. The summed E-state index contributed by atoms with van der Waals surface area (Å²) in [7, 11) is 0. The van der Waals surface area contributed by atoms with Crippen LogP contribution in [0.15, 0.2) is 0 Å². The lowest BCUT2D eigenvalue weighted by Gasteiger charge is -2.16. The largest absolute Gasteiger partial charge is 0.379 e. The van der Waals surface area contributed by atoms with E-state index in [4.69, 9.17) is 9.47 Å². The molecule has 0 saturated carbocycles. The molecule has 0 saturated heterocycles. The fourth-order valence-corrected chi connectivity index (χ4v) is 1.36. The lowest BCUT2D eigenvalue weighted by Crippen LogP contribution is -2.33. The van der Waals surface area contributed by atoms with Crippen molar-refractivity contribution in [2.45, 2.75) is 52.5 Å². The lowest BCUT2D eigenvalue weighted by molar-refractivity contribution is 0.0378. The van der Waals surface area contributed by atoms with Gasteiger partial charge in [0.05, 0.1) is 19.8 Å². The smallest absolute Gasteiger partial charge is 0.0701 e. The van der Waals surface area contributed by atoms with Crippen molar-refractivity contribution in [3.05, 3.63) is 0 Å². The van der Waals surface area contributed by atoms with Crippen LogP contribution in [0.2, 0.25) is 0 Å². The lowest BCUT2D eigenvalue weighted by atomic mass is 10.2. The number of rotatable bonds is 12. The van der Waals surface area contributed by atoms with Crippen molar-refractivity contribution in [3.8, 4) is 0 Å². The van der Waals surface area contributed by atoms with E-state index in [0.29, 0.717) is 12.6 Å². The zero-order valence-electron chi connectivity index (χ0n) is 11.3. The quantitative estimate of drug-likeness (QED) is 0.524. The van der Waals surface area contributed by atoms with Crippen LogP contribution in [0.25, 0.3) is 0 Å². The molecule has 3 heteroatoms. The van der Waals surface area contributed by atoms with Gasteiger partial charge in [0.15, 0.2) is 0 Å². The van der Waals surface area contributed by atoms with E-state index in [1.165, 1.54) is 12.8 Å². The summed E-state index contributed by atoms with van der Waals surface area (Å²) in [6.45, 7) is 10.7. The average Bonchev–Trinajstić information content (AvgIpc) is 2.32. The molecule has 0 spiro atoms. The highest BCUT2D eigenvalue weighted by Gasteiger charge is 2.03. The Bertz CT molecular complexity index is 131. The standard InChI is InChI=1S/C13H29NO2/c1-4-7-9-15-10-11-16-12-13(6-3)14-8-5-2/h13-14H,4-12H2,1-3H3. The topological polar surface area (TPSA) is 30.5 Å². The summed E-state index contributed by atoms with van der Waals surface area (Å²) in [5.74, 6) is 0. The zero-order chi connectivity index (χ0) is 12.1. The highest BCUT2D eigenvalue weighted by atomic mass is 16.5. The molecule has 0 amide bonds. The van der Waals surface area contributed by atoms with Crippen LogP contribution in [0, 0.1) is 0 Å². The Labute approximate surface area is 101 Å². The van der Waals surface area contributed by atoms with Crippen molar-refractivity contribution in [2.24, 2.45) is 0 Å². The van der Waals surface area contributed by atoms with E-state index in [1.807, 2.05) is 0 Å². The van der Waals surface area contributed by atoms with Crippen LogP contribution in [0.3, 0.4) is 0 Å². The average molecular weight is 231 g/mol. The van der Waals surface area contributed by atoms with E-state index < -0.39 is 0 Å². The van der Waals surface area contributed by atoms with Gasteiger partial charge in [-0.3, -0.25) is 0 Å². The highest BCUT2D eigenvalue weighted by molar-refractivity contribution is 4.62. The van der Waals surface area contributed by atoms with Crippen LogP contribution in [0.1, 0.15) is 46.5 Å². The minimum atomic E-state index is 0.496. The third-order valence-electron chi connectivity index (χ3n) is 2.51. The van der Waals surface area contributed by atoms with Crippen molar-refractivity contribution in [1.29, 1.82) is 0 Å². The molecule has 0 aliphatic carbocycles. The molecule has 0 radical (unpaired) electrons. The molecule has 0 bridgehead atoms. The van der Waals surface area contributed by atoms with Crippen LogP contribution < -0.4 is 5.32 Å². The predicted molar refractivity (Wildman–Crippen MR) is 68.9 cm³/mol. The van der Waals surface area contributed by atoms with Gasteiger partial charge in [0.2, 0.25) is 0 Å². The fourth-order valence-electron chi connectivity index (χ4n) is 1.36. The summed E-state index contributed by atoms with van der Waals surface area (Å²) in [5.41, 5.74) is 0. The molecule has 16 heavy (non-hydrogen) atoms. The van der Waals surface area contributed by atoms with Crippen molar-refractivity contribution in [3.63, 3.8) is 0 Å². The summed E-state index contributed by atoms with van der Waals surface area (Å²) in [6, 6.07) is 0.496. The van der Waals surface area contributed by atoms with Gasteiger partial charge in [-0.1, -0.05) is 27.2 Å². The molecule has 1 unspecified atom stereocenters. The van der Waals surface area contributed by atoms with E-state index in [2.05, 4.69) is 26.1 Å². The van der Waals surface area contributed by atoms with E-state index in [9.17, 15) is 0 Å². The maximum Gasteiger partial charge on any atom is 0.0701 e. The first kappa shape index (κ1) is 15.9. The van der Waals surface area contributed by atoms with Crippen LogP contribution >= 0.6 is 0 Å². The molecule has 0 aromatic rings.